The summed E-state index contributed by atoms with van der Waals surface area (Å²) in [5, 5.41) is 30.8. The zero-order chi connectivity index (χ0) is 28.0. The minimum Gasteiger partial charge on any atom is -0.508 e. The van der Waals surface area contributed by atoms with Gasteiger partial charge < -0.3 is 29.8 Å². The van der Waals surface area contributed by atoms with Crippen LogP contribution in [0.2, 0.25) is 5.02 Å². The maximum absolute atomic E-state index is 13.5. The summed E-state index contributed by atoms with van der Waals surface area (Å²) in [4.78, 5) is 46.7. The van der Waals surface area contributed by atoms with E-state index in [2.05, 4.69) is 9.97 Å². The molecule has 1 fully saturated rings. The molecular weight excluding hydrogens is 530 g/mol. The summed E-state index contributed by atoms with van der Waals surface area (Å²) in [6.07, 6.45) is 0. The van der Waals surface area contributed by atoms with Gasteiger partial charge in [0.2, 0.25) is 5.95 Å². The van der Waals surface area contributed by atoms with E-state index in [0.29, 0.717) is 16.6 Å². The number of nitrogens with one attached hydrogen (secondary N) is 1. The summed E-state index contributed by atoms with van der Waals surface area (Å²) >= 11 is 6.20. The number of H-pyrrole nitrogens is 1. The van der Waals surface area contributed by atoms with E-state index >= 15 is 0 Å². The third kappa shape index (κ3) is 4.28. The number of Topliss-reactive ketones (excluding diaryl/α,β-unsaturated/α-hetero) is 1. The molecule has 5 rings (SSSR count). The number of aliphatic hydroxyl groups excluding tert-OH is 1. The number of carboxylic acid groups (broad SMARTS) is 1. The summed E-state index contributed by atoms with van der Waals surface area (Å²) in [5.41, 5.74) is 0.820. The molecule has 0 spiro atoms. The zero-order valence-corrected chi connectivity index (χ0v) is 21.2. The molecule has 3 aromatic carbocycles. The van der Waals surface area contributed by atoms with E-state index in [1.54, 1.807) is 0 Å². The summed E-state index contributed by atoms with van der Waals surface area (Å²) in [6.45, 7) is 0. The average molecular weight is 550 g/mol. The number of ketones is 1. The van der Waals surface area contributed by atoms with Crippen molar-refractivity contribution in [3.63, 3.8) is 0 Å². The monoisotopic (exact) mass is 549 g/mol. The number of methoxy groups -OCH3 is 2. The Morgan fingerprint density at radius 3 is 2.33 bits per heavy atom. The number of aromatic amines is 1. The first kappa shape index (κ1) is 25.6. The molecule has 1 aliphatic rings. The third-order valence-electron chi connectivity index (χ3n) is 6.33. The highest BCUT2D eigenvalue weighted by molar-refractivity contribution is 6.51. The van der Waals surface area contributed by atoms with Crippen LogP contribution in [0.1, 0.15) is 27.5 Å². The molecule has 0 aliphatic carbocycles. The lowest BCUT2D eigenvalue weighted by Gasteiger charge is -2.23. The van der Waals surface area contributed by atoms with E-state index in [0.717, 1.165) is 4.90 Å². The number of rotatable bonds is 6. The minimum atomic E-state index is -1.18. The maximum atomic E-state index is 13.5. The van der Waals surface area contributed by atoms with Gasteiger partial charge in [0.1, 0.15) is 23.0 Å². The van der Waals surface area contributed by atoms with Gasteiger partial charge in [0.15, 0.2) is 0 Å². The molecule has 12 heteroatoms. The topological polar surface area (TPSA) is 162 Å². The molecule has 1 aliphatic heterocycles. The van der Waals surface area contributed by atoms with Crippen LogP contribution in [0.15, 0.2) is 60.2 Å². The minimum absolute atomic E-state index is 0.00128. The SMILES string of the molecule is COc1cc(/C(O)=C2\C(=O)C(=O)N(c3nc4ccc(C(=O)O)cc4[nH]3)C2c2ccc(O)cc2)c(OC)cc1Cl. The molecule has 1 unspecified atom stereocenters. The van der Waals surface area contributed by atoms with Crippen molar-refractivity contribution in [2.45, 2.75) is 6.04 Å². The number of nitrogens with zero attached hydrogens (tertiary/aromatic N) is 2. The van der Waals surface area contributed by atoms with Crippen molar-refractivity contribution in [3.05, 3.63) is 81.9 Å². The molecule has 1 amide bonds. The van der Waals surface area contributed by atoms with Crippen molar-refractivity contribution in [2.24, 2.45) is 0 Å². The first-order chi connectivity index (χ1) is 18.6. The number of anilines is 1. The van der Waals surface area contributed by atoms with E-state index in [4.69, 9.17) is 21.1 Å². The van der Waals surface area contributed by atoms with Gasteiger partial charge in [-0.25, -0.2) is 9.78 Å². The van der Waals surface area contributed by atoms with E-state index < -0.39 is 29.5 Å². The predicted octanol–water partition coefficient (Wildman–Crippen LogP) is 4.26. The van der Waals surface area contributed by atoms with E-state index in [-0.39, 0.29) is 44.9 Å². The molecule has 1 aromatic heterocycles. The Kier molecular flexibility index (Phi) is 6.36. The number of aromatic nitrogens is 2. The van der Waals surface area contributed by atoms with Crippen LogP contribution in [0, 0.1) is 0 Å². The number of halogens is 1. The fraction of sp³-hybridized carbons (Fsp3) is 0.111. The van der Waals surface area contributed by atoms with Crippen molar-refractivity contribution in [2.75, 3.05) is 19.1 Å². The number of imidazole rings is 1. The molecule has 1 atom stereocenters. The first-order valence-electron chi connectivity index (χ1n) is 11.4. The highest BCUT2D eigenvalue weighted by Crippen LogP contribution is 2.44. The standard InChI is InChI=1S/C27H20ClN3O8/c1-38-19-11-16(28)20(39-2)10-15(19)23(33)21-22(12-3-6-14(32)7-4-12)31(25(35)24(21)34)27-29-17-8-5-13(26(36)37)9-18(17)30-27/h3-11,22,32-33H,1-2H3,(H,29,30)(H,36,37)/b23-21+. The number of phenolic OH excluding ortho intramolecular Hbond substituents is 1. The van der Waals surface area contributed by atoms with Crippen LogP contribution < -0.4 is 14.4 Å². The van der Waals surface area contributed by atoms with Crippen LogP contribution in [0.5, 0.6) is 17.2 Å². The second kappa shape index (κ2) is 9.69. The number of amides is 1. The summed E-state index contributed by atoms with van der Waals surface area (Å²) in [7, 11) is 2.73. The number of carbonyl (C=O) groups excluding carboxylic acids is 2. The Labute approximate surface area is 225 Å². The number of phenols is 1. The normalized spacial score (nSPS) is 16.6. The predicted molar refractivity (Wildman–Crippen MR) is 140 cm³/mol. The number of aromatic hydroxyl groups is 1. The number of fused-ring (bicyclic) bond motifs is 1. The van der Waals surface area contributed by atoms with Gasteiger partial charge in [0.25, 0.3) is 5.78 Å². The Bertz CT molecular complexity index is 1690. The molecular formula is C27H20ClN3O8. The van der Waals surface area contributed by atoms with E-state index in [1.807, 2.05) is 0 Å². The molecule has 2 heterocycles. The zero-order valence-electron chi connectivity index (χ0n) is 20.4. The van der Waals surface area contributed by atoms with Crippen molar-refractivity contribution in [1.82, 2.24) is 9.97 Å². The third-order valence-corrected chi connectivity index (χ3v) is 6.62. The number of ether oxygens (including phenoxy) is 2. The van der Waals surface area contributed by atoms with E-state index in [9.17, 15) is 29.7 Å². The Hall–Kier alpha value is -5.03. The summed E-state index contributed by atoms with van der Waals surface area (Å²) < 4.78 is 10.6. The van der Waals surface area contributed by atoms with Crippen LogP contribution >= 0.6 is 11.6 Å². The van der Waals surface area contributed by atoms with Crippen LogP contribution in [-0.4, -0.2) is 57.2 Å². The van der Waals surface area contributed by atoms with Gasteiger partial charge in [0, 0.05) is 6.07 Å². The van der Waals surface area contributed by atoms with Crippen LogP contribution in [0.3, 0.4) is 0 Å². The summed E-state index contributed by atoms with van der Waals surface area (Å²) in [6, 6.07) is 11.5. The quantitative estimate of drug-likeness (QED) is 0.156. The number of carbonyl (C=O) groups is 3. The average Bonchev–Trinajstić information content (AvgIpc) is 3.46. The van der Waals surface area contributed by atoms with Crippen molar-refractivity contribution in [3.8, 4) is 17.2 Å². The van der Waals surface area contributed by atoms with Gasteiger partial charge in [-0.1, -0.05) is 23.7 Å². The molecule has 39 heavy (non-hydrogen) atoms. The number of aliphatic hydroxyl groups is 1. The fourth-order valence-corrected chi connectivity index (χ4v) is 4.69. The first-order valence-corrected chi connectivity index (χ1v) is 11.8. The highest BCUT2D eigenvalue weighted by atomic mass is 35.5. The van der Waals surface area contributed by atoms with E-state index in [1.165, 1.54) is 68.8 Å². The molecule has 11 nitrogen and oxygen atoms in total. The van der Waals surface area contributed by atoms with Crippen molar-refractivity contribution < 1.29 is 39.2 Å². The number of carboxylic acids is 1. The number of hydrogen-bond donors (Lipinski definition) is 4. The molecule has 4 N–H and O–H groups in total. The maximum Gasteiger partial charge on any atom is 0.335 e. The molecule has 0 bridgehead atoms. The molecule has 1 saturated heterocycles. The summed E-state index contributed by atoms with van der Waals surface area (Å²) in [5.74, 6) is -3.48. The lowest BCUT2D eigenvalue weighted by molar-refractivity contribution is -0.132. The van der Waals surface area contributed by atoms with Gasteiger partial charge in [0.05, 0.1) is 53.0 Å². The highest BCUT2D eigenvalue weighted by Gasteiger charge is 2.48. The largest absolute Gasteiger partial charge is 0.508 e. The lowest BCUT2D eigenvalue weighted by Crippen LogP contribution is -2.30. The lowest BCUT2D eigenvalue weighted by atomic mass is 9.95. The molecule has 0 radical (unpaired) electrons. The number of hydrogen-bond acceptors (Lipinski definition) is 8. The molecule has 198 valence electrons. The van der Waals surface area contributed by atoms with Crippen LogP contribution in [0.4, 0.5) is 5.95 Å². The second-order valence-electron chi connectivity index (χ2n) is 8.55. The second-order valence-corrected chi connectivity index (χ2v) is 8.95. The Morgan fingerprint density at radius 1 is 1.00 bits per heavy atom. The smallest absolute Gasteiger partial charge is 0.335 e. The number of benzene rings is 3. The van der Waals surface area contributed by atoms with Crippen LogP contribution in [-0.2, 0) is 9.59 Å². The molecule has 4 aromatic rings. The Morgan fingerprint density at radius 2 is 1.69 bits per heavy atom. The fourth-order valence-electron chi connectivity index (χ4n) is 4.46. The number of aromatic carboxylic acids is 1. The van der Waals surface area contributed by atoms with Gasteiger partial charge in [-0.15, -0.1) is 0 Å². The van der Waals surface area contributed by atoms with Crippen LogP contribution in [0.25, 0.3) is 16.8 Å². The van der Waals surface area contributed by atoms with Crippen molar-refractivity contribution in [1.29, 1.82) is 0 Å². The van der Waals surface area contributed by atoms with Gasteiger partial charge in [-0.2, -0.15) is 0 Å². The van der Waals surface area contributed by atoms with Crippen molar-refractivity contribution >= 4 is 52.0 Å². The van der Waals surface area contributed by atoms with Gasteiger partial charge in [-0.05, 0) is 42.0 Å². The molecule has 0 saturated carbocycles. The van der Waals surface area contributed by atoms with Gasteiger partial charge in [-0.3, -0.25) is 14.5 Å². The Balaban J connectivity index is 1.75. The van der Waals surface area contributed by atoms with Gasteiger partial charge >= 0.3 is 11.9 Å².